The average molecular weight is 267 g/mol. The van der Waals surface area contributed by atoms with Gasteiger partial charge in [0.15, 0.2) is 0 Å². The van der Waals surface area contributed by atoms with Gasteiger partial charge in [0.25, 0.3) is 0 Å². The molecule has 0 aromatic carbocycles. The molecule has 1 amide bonds. The largest absolute Gasteiger partial charge is 0.480 e. The molecule has 0 atom stereocenters. The summed E-state index contributed by atoms with van der Waals surface area (Å²) >= 11 is 1.60. The van der Waals surface area contributed by atoms with E-state index in [1.54, 1.807) is 11.3 Å². The first-order chi connectivity index (χ1) is 8.62. The maximum absolute atomic E-state index is 11.8. The summed E-state index contributed by atoms with van der Waals surface area (Å²) in [6, 6.07) is 1.99. The molecule has 1 aliphatic carbocycles. The number of thiophene rings is 1. The Hall–Kier alpha value is -1.36. The van der Waals surface area contributed by atoms with Crippen LogP contribution in [-0.4, -0.2) is 22.5 Å². The molecule has 1 fully saturated rings. The van der Waals surface area contributed by atoms with Crippen LogP contribution in [0, 0.1) is 0 Å². The molecule has 0 spiro atoms. The molecule has 2 N–H and O–H groups in total. The number of hydrogen-bond acceptors (Lipinski definition) is 3. The summed E-state index contributed by atoms with van der Waals surface area (Å²) in [4.78, 5) is 23.1. The molecule has 0 bridgehead atoms. The summed E-state index contributed by atoms with van der Waals surface area (Å²) in [7, 11) is 0. The molecule has 1 aromatic heterocycles. The number of aliphatic carboxylic acids is 1. The van der Waals surface area contributed by atoms with Crippen molar-refractivity contribution in [2.75, 3.05) is 0 Å². The first-order valence-electron chi connectivity index (χ1n) is 6.18. The molecular weight excluding hydrogens is 250 g/mol. The van der Waals surface area contributed by atoms with Crippen molar-refractivity contribution < 1.29 is 14.7 Å². The number of rotatable bonds is 5. The van der Waals surface area contributed by atoms with E-state index in [0.717, 1.165) is 18.4 Å². The predicted molar refractivity (Wildman–Crippen MR) is 69.6 cm³/mol. The van der Waals surface area contributed by atoms with Crippen molar-refractivity contribution >= 4 is 23.2 Å². The van der Waals surface area contributed by atoms with Crippen LogP contribution >= 0.6 is 11.3 Å². The van der Waals surface area contributed by atoms with Gasteiger partial charge in [-0.2, -0.15) is 11.3 Å². The second-order valence-corrected chi connectivity index (χ2v) is 5.55. The molecule has 5 heteroatoms. The van der Waals surface area contributed by atoms with Gasteiger partial charge in [-0.05, 0) is 41.7 Å². The van der Waals surface area contributed by atoms with Crippen molar-refractivity contribution in [1.29, 1.82) is 0 Å². The summed E-state index contributed by atoms with van der Waals surface area (Å²) in [5.41, 5.74) is 0.122. The molecule has 0 unspecified atom stereocenters. The van der Waals surface area contributed by atoms with Crippen LogP contribution in [0.15, 0.2) is 16.8 Å². The molecule has 18 heavy (non-hydrogen) atoms. The molecule has 0 saturated heterocycles. The number of carbonyl (C=O) groups excluding carboxylic acids is 1. The molecule has 1 aliphatic rings. The lowest BCUT2D eigenvalue weighted by atomic mass is 9.97. The number of nitrogens with one attached hydrogen (secondary N) is 1. The van der Waals surface area contributed by atoms with Gasteiger partial charge in [-0.1, -0.05) is 12.8 Å². The van der Waals surface area contributed by atoms with Crippen LogP contribution in [0.1, 0.15) is 37.7 Å². The number of amides is 1. The minimum Gasteiger partial charge on any atom is -0.480 e. The van der Waals surface area contributed by atoms with Crippen molar-refractivity contribution in [1.82, 2.24) is 5.32 Å². The first-order valence-corrected chi connectivity index (χ1v) is 7.12. The van der Waals surface area contributed by atoms with Gasteiger partial charge in [0.2, 0.25) is 5.91 Å². The third-order valence-electron chi connectivity index (χ3n) is 3.47. The van der Waals surface area contributed by atoms with Crippen LogP contribution in [0.5, 0.6) is 0 Å². The van der Waals surface area contributed by atoms with Crippen LogP contribution in [-0.2, 0) is 16.0 Å². The average Bonchev–Trinajstić information content (AvgIpc) is 2.97. The van der Waals surface area contributed by atoms with Gasteiger partial charge >= 0.3 is 5.97 Å². The van der Waals surface area contributed by atoms with E-state index in [1.165, 1.54) is 0 Å². The molecule has 0 aliphatic heterocycles. The molecule has 0 radical (unpaired) electrons. The van der Waals surface area contributed by atoms with Gasteiger partial charge < -0.3 is 10.4 Å². The zero-order valence-corrected chi connectivity index (χ0v) is 11.0. The molecule has 98 valence electrons. The number of carbonyl (C=O) groups is 2. The van der Waals surface area contributed by atoms with E-state index >= 15 is 0 Å². The van der Waals surface area contributed by atoms with Crippen molar-refractivity contribution in [3.63, 3.8) is 0 Å². The van der Waals surface area contributed by atoms with E-state index in [1.807, 2.05) is 16.8 Å². The fourth-order valence-electron chi connectivity index (χ4n) is 2.39. The summed E-state index contributed by atoms with van der Waals surface area (Å²) in [5.74, 6) is -1.06. The Labute approximate surface area is 110 Å². The van der Waals surface area contributed by atoms with E-state index in [4.69, 9.17) is 0 Å². The summed E-state index contributed by atoms with van der Waals surface area (Å²) < 4.78 is 0. The lowest BCUT2D eigenvalue weighted by Gasteiger charge is -2.25. The zero-order chi connectivity index (χ0) is 13.0. The zero-order valence-electron chi connectivity index (χ0n) is 10.1. The van der Waals surface area contributed by atoms with Gasteiger partial charge in [0.1, 0.15) is 5.54 Å². The quantitative estimate of drug-likeness (QED) is 0.859. The summed E-state index contributed by atoms with van der Waals surface area (Å²) in [5, 5.41) is 16.0. The van der Waals surface area contributed by atoms with Crippen LogP contribution in [0.2, 0.25) is 0 Å². The Morgan fingerprint density at radius 3 is 2.67 bits per heavy atom. The van der Waals surface area contributed by atoms with Gasteiger partial charge in [-0.25, -0.2) is 4.79 Å². The van der Waals surface area contributed by atoms with Crippen LogP contribution in [0.3, 0.4) is 0 Å². The van der Waals surface area contributed by atoms with Gasteiger partial charge in [0.05, 0.1) is 0 Å². The molecule has 1 heterocycles. The highest BCUT2D eigenvalue weighted by atomic mass is 32.1. The van der Waals surface area contributed by atoms with E-state index in [0.29, 0.717) is 25.7 Å². The third-order valence-corrected chi connectivity index (χ3v) is 4.20. The summed E-state index contributed by atoms with van der Waals surface area (Å²) in [6.07, 6.45) is 3.87. The number of carboxylic acids is 1. The lowest BCUT2D eigenvalue weighted by Crippen LogP contribution is -2.52. The molecule has 2 rings (SSSR count). The van der Waals surface area contributed by atoms with E-state index in [9.17, 15) is 14.7 Å². The second-order valence-electron chi connectivity index (χ2n) is 4.77. The smallest absolute Gasteiger partial charge is 0.329 e. The van der Waals surface area contributed by atoms with E-state index < -0.39 is 11.5 Å². The highest BCUT2D eigenvalue weighted by molar-refractivity contribution is 7.07. The molecule has 4 nitrogen and oxygen atoms in total. The van der Waals surface area contributed by atoms with Gasteiger partial charge in [-0.15, -0.1) is 0 Å². The Kier molecular flexibility index (Phi) is 4.01. The van der Waals surface area contributed by atoms with Gasteiger partial charge in [-0.3, -0.25) is 4.79 Å². The van der Waals surface area contributed by atoms with Crippen molar-refractivity contribution in [3.05, 3.63) is 22.4 Å². The Morgan fingerprint density at radius 2 is 2.11 bits per heavy atom. The maximum Gasteiger partial charge on any atom is 0.329 e. The van der Waals surface area contributed by atoms with Crippen LogP contribution < -0.4 is 5.32 Å². The number of carboxylic acid groups (broad SMARTS) is 1. The number of aryl methyl sites for hydroxylation is 1. The van der Waals surface area contributed by atoms with Crippen molar-refractivity contribution in [2.45, 2.75) is 44.1 Å². The van der Waals surface area contributed by atoms with Crippen LogP contribution in [0.4, 0.5) is 0 Å². The number of hydrogen-bond donors (Lipinski definition) is 2. The molecule has 1 aromatic rings. The van der Waals surface area contributed by atoms with Gasteiger partial charge in [0, 0.05) is 6.42 Å². The normalized spacial score (nSPS) is 17.6. The first kappa shape index (κ1) is 13.1. The highest BCUT2D eigenvalue weighted by Crippen LogP contribution is 2.30. The summed E-state index contributed by atoms with van der Waals surface area (Å²) in [6.45, 7) is 0. The third kappa shape index (κ3) is 2.90. The molecular formula is C13H17NO3S. The Morgan fingerprint density at radius 1 is 1.39 bits per heavy atom. The fraction of sp³-hybridized carbons (Fsp3) is 0.538. The molecule has 1 saturated carbocycles. The lowest BCUT2D eigenvalue weighted by molar-refractivity contribution is -0.147. The SMILES string of the molecule is O=C(CCc1ccsc1)NC1(C(=O)O)CCCC1. The minimum absolute atomic E-state index is 0.162. The van der Waals surface area contributed by atoms with Crippen LogP contribution in [0.25, 0.3) is 0 Å². The van der Waals surface area contributed by atoms with E-state index in [2.05, 4.69) is 5.32 Å². The standard InChI is InChI=1S/C13H17NO3S/c15-11(4-3-10-5-8-18-9-10)14-13(12(16)17)6-1-2-7-13/h5,8-9H,1-4,6-7H2,(H,14,15)(H,16,17). The predicted octanol–water partition coefficient (Wildman–Crippen LogP) is 2.19. The Bertz CT molecular complexity index is 421. The fourth-order valence-corrected chi connectivity index (χ4v) is 3.10. The maximum atomic E-state index is 11.8. The van der Waals surface area contributed by atoms with Crippen molar-refractivity contribution in [3.8, 4) is 0 Å². The minimum atomic E-state index is -1.01. The van der Waals surface area contributed by atoms with E-state index in [-0.39, 0.29) is 5.91 Å². The Balaban J connectivity index is 1.88. The monoisotopic (exact) mass is 267 g/mol. The highest BCUT2D eigenvalue weighted by Gasteiger charge is 2.42. The van der Waals surface area contributed by atoms with Crippen molar-refractivity contribution in [2.24, 2.45) is 0 Å². The second kappa shape index (κ2) is 5.52. The topological polar surface area (TPSA) is 66.4 Å².